The molecule has 0 amide bonds. The number of rotatable bonds is 2. The van der Waals surface area contributed by atoms with Crippen molar-refractivity contribution in [3.63, 3.8) is 0 Å². The lowest BCUT2D eigenvalue weighted by Gasteiger charge is -2.20. The number of benzene rings is 1. The molecule has 0 saturated carbocycles. The Morgan fingerprint density at radius 2 is 1.80 bits per heavy atom. The van der Waals surface area contributed by atoms with E-state index in [2.05, 4.69) is 0 Å². The van der Waals surface area contributed by atoms with Crippen LogP contribution < -0.4 is 5.73 Å². The van der Waals surface area contributed by atoms with Crippen LogP contribution in [-0.2, 0) is 10.0 Å². The molecule has 2 rings (SSSR count). The van der Waals surface area contributed by atoms with Crippen molar-refractivity contribution in [2.24, 2.45) is 0 Å². The van der Waals surface area contributed by atoms with E-state index in [1.807, 2.05) is 0 Å². The molecule has 1 aromatic rings. The molecular weight excluding hydrogens is 287 g/mol. The second-order valence-electron chi connectivity index (χ2n) is 5.00. The quantitative estimate of drug-likeness (QED) is 0.654. The first kappa shape index (κ1) is 15.2. The Morgan fingerprint density at radius 3 is 2.30 bits per heavy atom. The molecule has 0 bridgehead atoms. The van der Waals surface area contributed by atoms with Gasteiger partial charge in [-0.25, -0.2) is 12.8 Å². The molecule has 0 radical (unpaired) electrons. The number of halogens is 1. The third-order valence-electron chi connectivity index (χ3n) is 3.53. The number of sulfonamides is 1. The number of hydrogen-bond donors (Lipinski definition) is 3. The fourth-order valence-electron chi connectivity index (χ4n) is 2.39. The molecule has 6 nitrogen and oxygen atoms in total. The van der Waals surface area contributed by atoms with Gasteiger partial charge in [-0.3, -0.25) is 0 Å². The van der Waals surface area contributed by atoms with Gasteiger partial charge in [-0.15, -0.1) is 0 Å². The highest BCUT2D eigenvalue weighted by molar-refractivity contribution is 7.89. The summed E-state index contributed by atoms with van der Waals surface area (Å²) >= 11 is 0. The lowest BCUT2D eigenvalue weighted by molar-refractivity contribution is 0.0572. The van der Waals surface area contributed by atoms with Gasteiger partial charge < -0.3 is 15.9 Å². The van der Waals surface area contributed by atoms with Gasteiger partial charge in [-0.1, -0.05) is 0 Å². The van der Waals surface area contributed by atoms with Crippen molar-refractivity contribution >= 4 is 15.7 Å². The molecule has 112 valence electrons. The lowest BCUT2D eigenvalue weighted by atomic mass is 10.1. The SMILES string of the molecule is Cc1cc(F)c(N)c(C)c1S(=O)(=O)N1C[C@@H](O)[C@@H](O)C1. The largest absolute Gasteiger partial charge is 0.396 e. The van der Waals surface area contributed by atoms with Crippen LogP contribution in [-0.4, -0.2) is 48.2 Å². The van der Waals surface area contributed by atoms with Crippen LogP contribution in [0, 0.1) is 19.7 Å². The highest BCUT2D eigenvalue weighted by Gasteiger charge is 2.39. The summed E-state index contributed by atoms with van der Waals surface area (Å²) in [4.78, 5) is -0.0716. The van der Waals surface area contributed by atoms with Crippen molar-refractivity contribution in [1.29, 1.82) is 0 Å². The minimum absolute atomic E-state index is 0.0716. The fourth-order valence-corrected chi connectivity index (χ4v) is 4.31. The van der Waals surface area contributed by atoms with E-state index >= 15 is 0 Å². The van der Waals surface area contributed by atoms with E-state index in [4.69, 9.17) is 5.73 Å². The first-order valence-corrected chi connectivity index (χ1v) is 7.51. The summed E-state index contributed by atoms with van der Waals surface area (Å²) in [6, 6.07) is 1.07. The topological polar surface area (TPSA) is 104 Å². The van der Waals surface area contributed by atoms with Crippen molar-refractivity contribution in [3.05, 3.63) is 23.0 Å². The van der Waals surface area contributed by atoms with Gasteiger partial charge in [0.25, 0.3) is 0 Å². The van der Waals surface area contributed by atoms with E-state index in [9.17, 15) is 23.0 Å². The number of anilines is 1. The predicted octanol–water partition coefficient (Wildman–Crippen LogP) is -0.249. The van der Waals surface area contributed by atoms with Crippen LogP contribution in [0.25, 0.3) is 0 Å². The van der Waals surface area contributed by atoms with Crippen LogP contribution in [0.1, 0.15) is 11.1 Å². The number of nitrogens with two attached hydrogens (primary N) is 1. The number of aliphatic hydroxyl groups is 2. The molecule has 0 spiro atoms. The van der Waals surface area contributed by atoms with Crippen LogP contribution >= 0.6 is 0 Å². The number of aliphatic hydroxyl groups excluding tert-OH is 2. The summed E-state index contributed by atoms with van der Waals surface area (Å²) < 4.78 is 39.6. The number of nitrogen functional groups attached to an aromatic ring is 1. The van der Waals surface area contributed by atoms with E-state index in [-0.39, 0.29) is 34.8 Å². The first-order valence-electron chi connectivity index (χ1n) is 6.07. The van der Waals surface area contributed by atoms with Crippen LogP contribution in [0.2, 0.25) is 0 Å². The highest BCUT2D eigenvalue weighted by Crippen LogP contribution is 2.31. The van der Waals surface area contributed by atoms with Gasteiger partial charge in [0.1, 0.15) is 5.82 Å². The third-order valence-corrected chi connectivity index (χ3v) is 5.65. The molecule has 1 aliphatic heterocycles. The molecule has 1 aromatic carbocycles. The van der Waals surface area contributed by atoms with Crippen LogP contribution in [0.15, 0.2) is 11.0 Å². The minimum Gasteiger partial charge on any atom is -0.396 e. The molecule has 2 atom stereocenters. The number of β-amino-alcohol motifs (C(OH)–C–C–N with tert-alkyl or cyclic N) is 2. The van der Waals surface area contributed by atoms with Crippen molar-refractivity contribution in [1.82, 2.24) is 4.31 Å². The van der Waals surface area contributed by atoms with Crippen molar-refractivity contribution in [2.45, 2.75) is 31.0 Å². The van der Waals surface area contributed by atoms with Crippen LogP contribution in [0.5, 0.6) is 0 Å². The molecule has 0 aromatic heterocycles. The molecule has 1 fully saturated rings. The number of hydrogen-bond acceptors (Lipinski definition) is 5. The maximum atomic E-state index is 13.5. The van der Waals surface area contributed by atoms with Gasteiger partial charge in [-0.05, 0) is 31.0 Å². The monoisotopic (exact) mass is 304 g/mol. The van der Waals surface area contributed by atoms with Gasteiger partial charge in [0, 0.05) is 13.1 Å². The second-order valence-corrected chi connectivity index (χ2v) is 6.87. The number of aryl methyl sites for hydroxylation is 1. The predicted molar refractivity (Wildman–Crippen MR) is 71.1 cm³/mol. The maximum Gasteiger partial charge on any atom is 0.243 e. The third kappa shape index (κ3) is 2.28. The summed E-state index contributed by atoms with van der Waals surface area (Å²) in [5.74, 6) is -0.666. The smallest absolute Gasteiger partial charge is 0.243 e. The summed E-state index contributed by atoms with van der Waals surface area (Å²) in [5.41, 5.74) is 5.71. The average Bonchev–Trinajstić information content (AvgIpc) is 2.67. The summed E-state index contributed by atoms with van der Waals surface area (Å²) in [7, 11) is -3.94. The molecule has 4 N–H and O–H groups in total. The Balaban J connectivity index is 2.54. The second kappa shape index (κ2) is 4.96. The molecule has 8 heteroatoms. The van der Waals surface area contributed by atoms with E-state index in [0.717, 1.165) is 10.4 Å². The van der Waals surface area contributed by atoms with E-state index in [1.54, 1.807) is 0 Å². The zero-order chi connectivity index (χ0) is 15.2. The summed E-state index contributed by atoms with van der Waals surface area (Å²) in [5, 5.41) is 18.9. The average molecular weight is 304 g/mol. The van der Waals surface area contributed by atoms with Gasteiger partial charge in [-0.2, -0.15) is 4.31 Å². The molecule has 0 aliphatic carbocycles. The normalized spacial score (nSPS) is 24.2. The van der Waals surface area contributed by atoms with Crippen molar-refractivity contribution in [2.75, 3.05) is 18.8 Å². The molecular formula is C12H17FN2O4S. The number of nitrogens with zero attached hydrogens (tertiary/aromatic N) is 1. The van der Waals surface area contributed by atoms with Crippen LogP contribution in [0.4, 0.5) is 10.1 Å². The Hall–Kier alpha value is -1.22. The van der Waals surface area contributed by atoms with Gasteiger partial charge in [0.15, 0.2) is 0 Å². The maximum absolute atomic E-state index is 13.5. The Kier molecular flexibility index (Phi) is 3.76. The van der Waals surface area contributed by atoms with E-state index in [0.29, 0.717) is 0 Å². The lowest BCUT2D eigenvalue weighted by Crippen LogP contribution is -2.31. The Bertz CT molecular complexity index is 637. The van der Waals surface area contributed by atoms with Gasteiger partial charge in [0.05, 0.1) is 22.8 Å². The van der Waals surface area contributed by atoms with Crippen LogP contribution in [0.3, 0.4) is 0 Å². The van der Waals surface area contributed by atoms with Gasteiger partial charge >= 0.3 is 0 Å². The zero-order valence-electron chi connectivity index (χ0n) is 11.2. The van der Waals surface area contributed by atoms with E-state index in [1.165, 1.54) is 13.8 Å². The Labute approximate surface area is 116 Å². The van der Waals surface area contributed by atoms with Gasteiger partial charge in [0.2, 0.25) is 10.0 Å². The summed E-state index contributed by atoms with van der Waals surface area (Å²) in [6.45, 7) is 2.52. The molecule has 1 aliphatic rings. The summed E-state index contributed by atoms with van der Waals surface area (Å²) in [6.07, 6.45) is -2.24. The standard InChI is InChI=1S/C12H17FN2O4S/c1-6-3-8(13)11(14)7(2)12(6)20(18,19)15-4-9(16)10(17)5-15/h3,9-10,16-17H,4-5,14H2,1-2H3/t9-,10+. The molecule has 0 unspecified atom stereocenters. The first-order chi connectivity index (χ1) is 9.16. The Morgan fingerprint density at radius 1 is 1.30 bits per heavy atom. The highest BCUT2D eigenvalue weighted by atomic mass is 32.2. The molecule has 1 saturated heterocycles. The molecule has 20 heavy (non-hydrogen) atoms. The van der Waals surface area contributed by atoms with Crippen molar-refractivity contribution in [3.8, 4) is 0 Å². The van der Waals surface area contributed by atoms with Crippen molar-refractivity contribution < 1.29 is 23.0 Å². The zero-order valence-corrected chi connectivity index (χ0v) is 12.0. The van der Waals surface area contributed by atoms with E-state index < -0.39 is 28.0 Å². The minimum atomic E-state index is -3.94. The molecule has 1 heterocycles. The fraction of sp³-hybridized carbons (Fsp3) is 0.500.